The van der Waals surface area contributed by atoms with Crippen LogP contribution in [0, 0.1) is 5.92 Å². The number of nitrogens with zero attached hydrogens (tertiary/aromatic N) is 2. The maximum atomic E-state index is 11.6. The van der Waals surface area contributed by atoms with Crippen molar-refractivity contribution in [2.75, 3.05) is 6.54 Å². The number of halogens is 1. The molecule has 5 heteroatoms. The average Bonchev–Trinajstić information content (AvgIpc) is 2.42. The number of carbonyl (C=O) groups excluding carboxylic acids is 1. The van der Waals surface area contributed by atoms with Crippen molar-refractivity contribution in [3.8, 4) is 0 Å². The third-order valence-electron chi connectivity index (χ3n) is 1.78. The van der Waals surface area contributed by atoms with Gasteiger partial charge in [-0.1, -0.05) is 25.4 Å². The molecule has 0 fully saturated rings. The molecule has 1 aromatic heterocycles. The molecule has 78 valence electrons. The number of rotatable bonds is 3. The van der Waals surface area contributed by atoms with E-state index in [0.29, 0.717) is 23.2 Å². The number of hydrogen-bond donors (Lipinski definition) is 1. The Morgan fingerprint density at radius 2 is 2.36 bits per heavy atom. The molecule has 0 aromatic carbocycles. The van der Waals surface area contributed by atoms with Crippen LogP contribution in [0.15, 0.2) is 6.20 Å². The molecule has 0 aliphatic carbocycles. The van der Waals surface area contributed by atoms with Crippen LogP contribution in [0.4, 0.5) is 0 Å². The number of carbonyl (C=O) groups is 1. The van der Waals surface area contributed by atoms with E-state index in [1.165, 1.54) is 10.9 Å². The first kappa shape index (κ1) is 11.0. The van der Waals surface area contributed by atoms with E-state index in [4.69, 9.17) is 11.6 Å². The van der Waals surface area contributed by atoms with Crippen LogP contribution in [0.2, 0.25) is 5.02 Å². The van der Waals surface area contributed by atoms with Gasteiger partial charge < -0.3 is 5.32 Å². The molecule has 1 rings (SSSR count). The SMILES string of the molecule is CC(C)CNC(=O)c1c(Cl)cnn1C. The molecule has 0 bridgehead atoms. The van der Waals surface area contributed by atoms with Gasteiger partial charge in [-0.05, 0) is 5.92 Å². The van der Waals surface area contributed by atoms with E-state index >= 15 is 0 Å². The quantitative estimate of drug-likeness (QED) is 0.830. The number of hydrogen-bond acceptors (Lipinski definition) is 2. The second-order valence-electron chi connectivity index (χ2n) is 3.57. The van der Waals surface area contributed by atoms with Gasteiger partial charge in [0.25, 0.3) is 5.91 Å². The fourth-order valence-corrected chi connectivity index (χ4v) is 1.30. The molecule has 1 heterocycles. The highest BCUT2D eigenvalue weighted by Crippen LogP contribution is 2.13. The van der Waals surface area contributed by atoms with E-state index in [1.807, 2.05) is 13.8 Å². The Labute approximate surface area is 88.2 Å². The lowest BCUT2D eigenvalue weighted by atomic mass is 10.2. The standard InChI is InChI=1S/C9H14ClN3O/c1-6(2)4-11-9(14)8-7(10)5-12-13(8)3/h5-6H,4H2,1-3H3,(H,11,14). The summed E-state index contributed by atoms with van der Waals surface area (Å²) < 4.78 is 1.47. The van der Waals surface area contributed by atoms with Crippen LogP contribution >= 0.6 is 11.6 Å². The maximum absolute atomic E-state index is 11.6. The van der Waals surface area contributed by atoms with E-state index in [2.05, 4.69) is 10.4 Å². The van der Waals surface area contributed by atoms with Gasteiger partial charge in [-0.15, -0.1) is 0 Å². The zero-order valence-electron chi connectivity index (χ0n) is 8.54. The molecule has 4 nitrogen and oxygen atoms in total. The van der Waals surface area contributed by atoms with E-state index in [-0.39, 0.29) is 5.91 Å². The van der Waals surface area contributed by atoms with Gasteiger partial charge >= 0.3 is 0 Å². The number of amides is 1. The monoisotopic (exact) mass is 215 g/mol. The lowest BCUT2D eigenvalue weighted by molar-refractivity contribution is 0.0939. The predicted molar refractivity (Wildman–Crippen MR) is 55.4 cm³/mol. The summed E-state index contributed by atoms with van der Waals surface area (Å²) in [6, 6.07) is 0. The molecular formula is C9H14ClN3O. The summed E-state index contributed by atoms with van der Waals surface area (Å²) in [6.45, 7) is 4.70. The molecule has 0 unspecified atom stereocenters. The predicted octanol–water partition coefficient (Wildman–Crippen LogP) is 1.46. The molecule has 1 amide bonds. The summed E-state index contributed by atoms with van der Waals surface area (Å²) in [5.41, 5.74) is 0.410. The van der Waals surface area contributed by atoms with Crippen LogP contribution < -0.4 is 5.32 Å². The van der Waals surface area contributed by atoms with Gasteiger partial charge in [0.2, 0.25) is 0 Å². The first-order valence-electron chi connectivity index (χ1n) is 4.48. The molecular weight excluding hydrogens is 202 g/mol. The molecule has 1 N–H and O–H groups in total. The minimum absolute atomic E-state index is 0.177. The Morgan fingerprint density at radius 3 is 2.79 bits per heavy atom. The zero-order valence-corrected chi connectivity index (χ0v) is 9.30. The fourth-order valence-electron chi connectivity index (χ4n) is 1.05. The Hall–Kier alpha value is -1.03. The first-order valence-corrected chi connectivity index (χ1v) is 4.86. The largest absolute Gasteiger partial charge is 0.350 e. The van der Waals surface area contributed by atoms with Gasteiger partial charge in [0.1, 0.15) is 5.69 Å². The first-order chi connectivity index (χ1) is 6.52. The normalized spacial score (nSPS) is 10.6. The van der Waals surface area contributed by atoms with Crippen molar-refractivity contribution in [2.24, 2.45) is 13.0 Å². The van der Waals surface area contributed by atoms with E-state index in [9.17, 15) is 4.79 Å². The zero-order chi connectivity index (χ0) is 10.7. The number of aryl methyl sites for hydroxylation is 1. The molecule has 0 saturated carbocycles. The van der Waals surface area contributed by atoms with Crippen LogP contribution in [0.1, 0.15) is 24.3 Å². The van der Waals surface area contributed by atoms with Crippen molar-refractivity contribution in [2.45, 2.75) is 13.8 Å². The van der Waals surface area contributed by atoms with Gasteiger partial charge in [0, 0.05) is 13.6 Å². The van der Waals surface area contributed by atoms with Crippen LogP contribution in [0.3, 0.4) is 0 Å². The summed E-state index contributed by atoms with van der Waals surface area (Å²) in [4.78, 5) is 11.6. The topological polar surface area (TPSA) is 46.9 Å². The average molecular weight is 216 g/mol. The summed E-state index contributed by atoms with van der Waals surface area (Å²) in [6.07, 6.45) is 1.46. The van der Waals surface area contributed by atoms with Crippen molar-refractivity contribution in [1.82, 2.24) is 15.1 Å². The summed E-state index contributed by atoms with van der Waals surface area (Å²) in [7, 11) is 1.69. The molecule has 0 aliphatic rings. The minimum Gasteiger partial charge on any atom is -0.350 e. The Balaban J connectivity index is 2.70. The highest BCUT2D eigenvalue weighted by Gasteiger charge is 2.14. The smallest absolute Gasteiger partial charge is 0.271 e. The minimum atomic E-state index is -0.177. The molecule has 1 aromatic rings. The highest BCUT2D eigenvalue weighted by molar-refractivity contribution is 6.33. The Kier molecular flexibility index (Phi) is 3.52. The van der Waals surface area contributed by atoms with Crippen molar-refractivity contribution in [3.05, 3.63) is 16.9 Å². The van der Waals surface area contributed by atoms with E-state index in [1.54, 1.807) is 7.05 Å². The van der Waals surface area contributed by atoms with Gasteiger partial charge in [-0.2, -0.15) is 5.10 Å². The Morgan fingerprint density at radius 1 is 1.71 bits per heavy atom. The van der Waals surface area contributed by atoms with Gasteiger partial charge in [-0.25, -0.2) is 0 Å². The molecule has 0 atom stereocenters. The van der Waals surface area contributed by atoms with Crippen molar-refractivity contribution >= 4 is 17.5 Å². The van der Waals surface area contributed by atoms with Crippen LogP contribution in [-0.2, 0) is 7.05 Å². The molecule has 0 spiro atoms. The number of aromatic nitrogens is 2. The lowest BCUT2D eigenvalue weighted by Crippen LogP contribution is -2.29. The van der Waals surface area contributed by atoms with Crippen molar-refractivity contribution < 1.29 is 4.79 Å². The molecule has 14 heavy (non-hydrogen) atoms. The second-order valence-corrected chi connectivity index (χ2v) is 3.98. The summed E-state index contributed by atoms with van der Waals surface area (Å²) >= 11 is 5.81. The number of nitrogens with one attached hydrogen (secondary N) is 1. The summed E-state index contributed by atoms with van der Waals surface area (Å²) in [5.74, 6) is 0.245. The van der Waals surface area contributed by atoms with E-state index < -0.39 is 0 Å². The van der Waals surface area contributed by atoms with Crippen LogP contribution in [0.25, 0.3) is 0 Å². The third kappa shape index (κ3) is 2.48. The molecule has 0 radical (unpaired) electrons. The van der Waals surface area contributed by atoms with Gasteiger partial charge in [-0.3, -0.25) is 9.48 Å². The highest BCUT2D eigenvalue weighted by atomic mass is 35.5. The molecule has 0 aliphatic heterocycles. The van der Waals surface area contributed by atoms with Crippen molar-refractivity contribution in [1.29, 1.82) is 0 Å². The van der Waals surface area contributed by atoms with E-state index in [0.717, 1.165) is 0 Å². The van der Waals surface area contributed by atoms with Crippen LogP contribution in [-0.4, -0.2) is 22.2 Å². The third-order valence-corrected chi connectivity index (χ3v) is 2.06. The molecule has 0 saturated heterocycles. The van der Waals surface area contributed by atoms with Gasteiger partial charge in [0.05, 0.1) is 11.2 Å². The fraction of sp³-hybridized carbons (Fsp3) is 0.556. The summed E-state index contributed by atoms with van der Waals surface area (Å²) in [5, 5.41) is 7.05. The Bertz CT molecular complexity index is 313. The van der Waals surface area contributed by atoms with Gasteiger partial charge in [0.15, 0.2) is 0 Å². The lowest BCUT2D eigenvalue weighted by Gasteiger charge is -2.07. The second kappa shape index (κ2) is 4.46. The maximum Gasteiger partial charge on any atom is 0.271 e. The van der Waals surface area contributed by atoms with Crippen molar-refractivity contribution in [3.63, 3.8) is 0 Å². The van der Waals surface area contributed by atoms with Crippen LogP contribution in [0.5, 0.6) is 0 Å².